The van der Waals surface area contributed by atoms with Crippen LogP contribution in [0, 0.1) is 0 Å². The van der Waals surface area contributed by atoms with E-state index in [-0.39, 0.29) is 11.8 Å². The highest BCUT2D eigenvalue weighted by atomic mass is 16.4. The minimum Gasteiger partial charge on any atom is -0.481 e. The molecule has 0 saturated heterocycles. The van der Waals surface area contributed by atoms with Crippen LogP contribution in [0.1, 0.15) is 49.8 Å². The summed E-state index contributed by atoms with van der Waals surface area (Å²) in [5.74, 6) is -0.731. The van der Waals surface area contributed by atoms with Crippen LogP contribution < -0.4 is 0 Å². The van der Waals surface area contributed by atoms with Gasteiger partial charge < -0.3 is 5.11 Å². The molecule has 0 amide bonds. The molecule has 2 aliphatic rings. The van der Waals surface area contributed by atoms with E-state index in [2.05, 4.69) is 23.1 Å². The van der Waals surface area contributed by atoms with Crippen molar-refractivity contribution < 1.29 is 9.90 Å². The molecule has 19 heavy (non-hydrogen) atoms. The predicted molar refractivity (Wildman–Crippen MR) is 74.0 cm³/mol. The number of benzene rings is 1. The fourth-order valence-corrected chi connectivity index (χ4v) is 3.02. The maximum atomic E-state index is 11.0. The number of nitrogens with zero attached hydrogens (tertiary/aromatic N) is 1. The Kier molecular flexibility index (Phi) is 2.90. The summed E-state index contributed by atoms with van der Waals surface area (Å²) < 4.78 is 0. The van der Waals surface area contributed by atoms with Crippen LogP contribution in [0.25, 0.3) is 0 Å². The van der Waals surface area contributed by atoms with E-state index in [0.717, 1.165) is 24.7 Å². The minimum atomic E-state index is -0.731. The number of hydrogen-bond donors (Lipinski definition) is 1. The first kappa shape index (κ1) is 12.7. The summed E-state index contributed by atoms with van der Waals surface area (Å²) in [5.41, 5.74) is 3.66. The van der Waals surface area contributed by atoms with Crippen LogP contribution in [0.15, 0.2) is 18.2 Å². The van der Waals surface area contributed by atoms with Crippen molar-refractivity contribution >= 4 is 5.97 Å². The van der Waals surface area contributed by atoms with Gasteiger partial charge in [-0.2, -0.15) is 0 Å². The van der Waals surface area contributed by atoms with Gasteiger partial charge >= 0.3 is 5.97 Å². The summed E-state index contributed by atoms with van der Waals surface area (Å²) in [7, 11) is 0. The molecular weight excluding hydrogens is 238 g/mol. The lowest BCUT2D eigenvalue weighted by atomic mass is 9.80. The second-order valence-corrected chi connectivity index (χ2v) is 6.57. The van der Waals surface area contributed by atoms with E-state index in [4.69, 9.17) is 5.11 Å². The second-order valence-electron chi connectivity index (χ2n) is 6.57. The summed E-state index contributed by atoms with van der Waals surface area (Å²) in [5, 5.41) is 9.02. The van der Waals surface area contributed by atoms with Gasteiger partial charge in [0.15, 0.2) is 0 Å². The molecule has 3 rings (SSSR count). The normalized spacial score (nSPS) is 19.5. The first-order chi connectivity index (χ1) is 8.95. The zero-order chi connectivity index (χ0) is 13.6. The maximum Gasteiger partial charge on any atom is 0.304 e. The van der Waals surface area contributed by atoms with Crippen molar-refractivity contribution in [2.24, 2.45) is 0 Å². The van der Waals surface area contributed by atoms with Gasteiger partial charge in [-0.3, -0.25) is 9.69 Å². The number of carboxylic acids is 1. The van der Waals surface area contributed by atoms with Crippen LogP contribution in [0.3, 0.4) is 0 Å². The van der Waals surface area contributed by atoms with Gasteiger partial charge in [-0.1, -0.05) is 32.0 Å². The number of rotatable bonds is 4. The van der Waals surface area contributed by atoms with E-state index in [1.165, 1.54) is 24.0 Å². The second kappa shape index (κ2) is 4.34. The van der Waals surface area contributed by atoms with Crippen LogP contribution in [0.5, 0.6) is 0 Å². The summed E-state index contributed by atoms with van der Waals surface area (Å²) in [6.45, 7) is 6.13. The van der Waals surface area contributed by atoms with E-state index in [9.17, 15) is 4.79 Å². The Morgan fingerprint density at radius 1 is 1.32 bits per heavy atom. The lowest BCUT2D eigenvalue weighted by Crippen LogP contribution is -2.21. The summed E-state index contributed by atoms with van der Waals surface area (Å²) in [6, 6.07) is 7.32. The molecule has 0 spiro atoms. The van der Waals surface area contributed by atoms with Gasteiger partial charge in [-0.25, -0.2) is 0 Å². The van der Waals surface area contributed by atoms with E-state index in [1.54, 1.807) is 0 Å². The van der Waals surface area contributed by atoms with E-state index < -0.39 is 5.97 Å². The molecule has 0 aromatic heterocycles. The Bertz CT molecular complexity index is 517. The summed E-state index contributed by atoms with van der Waals surface area (Å²) in [4.78, 5) is 13.5. The lowest BCUT2D eigenvalue weighted by Gasteiger charge is -2.23. The predicted octanol–water partition coefficient (Wildman–Crippen LogP) is 2.92. The third-order valence-corrected chi connectivity index (χ3v) is 4.39. The topological polar surface area (TPSA) is 40.5 Å². The van der Waals surface area contributed by atoms with Crippen LogP contribution in [-0.4, -0.2) is 22.0 Å². The fourth-order valence-electron chi connectivity index (χ4n) is 3.02. The van der Waals surface area contributed by atoms with Crippen LogP contribution in [-0.2, 0) is 23.3 Å². The smallest absolute Gasteiger partial charge is 0.304 e. The van der Waals surface area contributed by atoms with Crippen LogP contribution >= 0.6 is 0 Å². The molecule has 1 saturated carbocycles. The summed E-state index contributed by atoms with van der Waals surface area (Å²) >= 11 is 0. The van der Waals surface area contributed by atoms with Gasteiger partial charge in [0.25, 0.3) is 0 Å². The number of aliphatic carboxylic acids is 1. The number of carbonyl (C=O) groups is 1. The molecule has 102 valence electrons. The molecule has 1 N–H and O–H groups in total. The molecule has 1 heterocycles. The highest BCUT2D eigenvalue weighted by Gasteiger charge is 2.33. The molecular formula is C16H21NO2. The SMILES string of the molecule is CC(C)(CC(=O)O)c1ccc2c(c1)CN(C1CC1)C2. The molecule has 0 atom stereocenters. The molecule has 0 radical (unpaired) electrons. The Morgan fingerprint density at radius 3 is 2.63 bits per heavy atom. The standard InChI is InChI=1S/C16H21NO2/c1-16(2,8-15(18)19)13-4-3-11-9-17(14-5-6-14)10-12(11)7-13/h3-4,7,14H,5-6,8-10H2,1-2H3,(H,18,19). The highest BCUT2D eigenvalue weighted by molar-refractivity contribution is 5.69. The Labute approximate surface area is 114 Å². The van der Waals surface area contributed by atoms with Gasteiger partial charge in [0.1, 0.15) is 0 Å². The molecule has 0 unspecified atom stereocenters. The van der Waals surface area contributed by atoms with E-state index in [0.29, 0.717) is 0 Å². The molecule has 3 nitrogen and oxygen atoms in total. The molecule has 1 fully saturated rings. The van der Waals surface area contributed by atoms with Gasteiger partial charge in [0.2, 0.25) is 0 Å². The van der Waals surface area contributed by atoms with Gasteiger partial charge in [0.05, 0.1) is 6.42 Å². The Morgan fingerprint density at radius 2 is 2.00 bits per heavy atom. The monoisotopic (exact) mass is 259 g/mol. The number of carboxylic acid groups (broad SMARTS) is 1. The largest absolute Gasteiger partial charge is 0.481 e. The van der Waals surface area contributed by atoms with Crippen LogP contribution in [0.2, 0.25) is 0 Å². The van der Waals surface area contributed by atoms with Crippen molar-refractivity contribution in [2.75, 3.05) is 0 Å². The molecule has 3 heteroatoms. The van der Waals surface area contributed by atoms with Gasteiger partial charge in [-0.05, 0) is 29.5 Å². The molecule has 1 aromatic rings. The average Bonchev–Trinajstić information content (AvgIpc) is 3.06. The molecule has 0 bridgehead atoms. The Hall–Kier alpha value is -1.35. The maximum absolute atomic E-state index is 11.0. The zero-order valence-corrected chi connectivity index (χ0v) is 11.6. The molecule has 1 aromatic carbocycles. The first-order valence-corrected chi connectivity index (χ1v) is 7.04. The Balaban J connectivity index is 1.82. The third kappa shape index (κ3) is 2.52. The molecule has 1 aliphatic heterocycles. The molecule has 1 aliphatic carbocycles. The summed E-state index contributed by atoms with van der Waals surface area (Å²) in [6.07, 6.45) is 2.86. The van der Waals surface area contributed by atoms with E-state index >= 15 is 0 Å². The average molecular weight is 259 g/mol. The minimum absolute atomic E-state index is 0.179. The van der Waals surface area contributed by atoms with Crippen molar-refractivity contribution in [3.63, 3.8) is 0 Å². The quantitative estimate of drug-likeness (QED) is 0.903. The number of fused-ring (bicyclic) bond motifs is 1. The van der Waals surface area contributed by atoms with Gasteiger partial charge in [-0.15, -0.1) is 0 Å². The van der Waals surface area contributed by atoms with Crippen molar-refractivity contribution in [1.82, 2.24) is 4.90 Å². The van der Waals surface area contributed by atoms with E-state index in [1.807, 2.05) is 13.8 Å². The van der Waals surface area contributed by atoms with Crippen LogP contribution in [0.4, 0.5) is 0 Å². The number of hydrogen-bond acceptors (Lipinski definition) is 2. The first-order valence-electron chi connectivity index (χ1n) is 7.04. The fraction of sp³-hybridized carbons (Fsp3) is 0.562. The van der Waals surface area contributed by atoms with Crippen molar-refractivity contribution in [1.29, 1.82) is 0 Å². The third-order valence-electron chi connectivity index (χ3n) is 4.39. The lowest BCUT2D eigenvalue weighted by molar-refractivity contribution is -0.138. The highest BCUT2D eigenvalue weighted by Crippen LogP contribution is 2.36. The van der Waals surface area contributed by atoms with Crippen molar-refractivity contribution in [3.8, 4) is 0 Å². The van der Waals surface area contributed by atoms with Crippen molar-refractivity contribution in [3.05, 3.63) is 34.9 Å². The zero-order valence-electron chi connectivity index (χ0n) is 11.6. The van der Waals surface area contributed by atoms with Gasteiger partial charge in [0, 0.05) is 24.5 Å². The van der Waals surface area contributed by atoms with Crippen molar-refractivity contribution in [2.45, 2.75) is 57.7 Å².